The number of hydrogen-bond donors (Lipinski definition) is 1. The summed E-state index contributed by atoms with van der Waals surface area (Å²) in [6.45, 7) is 2.55. The van der Waals surface area contributed by atoms with E-state index in [-0.39, 0.29) is 0 Å². The Kier molecular flexibility index (Phi) is 5.65. The number of ether oxygens (including phenoxy) is 1. The molecule has 1 amide bonds. The molecule has 2 heterocycles. The average molecular weight is 367 g/mol. The Balaban J connectivity index is 1.96. The normalized spacial score (nSPS) is 10.5. The summed E-state index contributed by atoms with van der Waals surface area (Å²) in [6.07, 6.45) is 5.04. The number of rotatable bonds is 6. The lowest BCUT2D eigenvalue weighted by Crippen LogP contribution is -2.27. The van der Waals surface area contributed by atoms with E-state index in [9.17, 15) is 4.79 Å². The van der Waals surface area contributed by atoms with E-state index in [1.165, 1.54) is 6.39 Å². The minimum atomic E-state index is -0.474. The van der Waals surface area contributed by atoms with Crippen LogP contribution in [0.4, 0.5) is 10.5 Å². The van der Waals surface area contributed by atoms with Crippen LogP contribution in [0.1, 0.15) is 13.3 Å². The van der Waals surface area contributed by atoms with Crippen molar-refractivity contribution < 1.29 is 13.9 Å². The molecule has 0 unspecified atom stereocenters. The largest absolute Gasteiger partial charge is 0.423 e. The number of carbonyl (C=O) groups is 1. The van der Waals surface area contributed by atoms with Crippen molar-refractivity contribution in [3.8, 4) is 28.3 Å². The molecule has 0 fully saturated rings. The number of nitrogens with zero attached hydrogens (tertiary/aromatic N) is 4. The number of anilines is 1. The Bertz CT molecular complexity index is 909. The third-order valence-corrected chi connectivity index (χ3v) is 3.84. The molecule has 140 valence electrons. The second-order valence-corrected chi connectivity index (χ2v) is 6.10. The van der Waals surface area contributed by atoms with Crippen molar-refractivity contribution >= 4 is 11.8 Å². The zero-order valence-corrected chi connectivity index (χ0v) is 15.5. The summed E-state index contributed by atoms with van der Waals surface area (Å²) in [7, 11) is 3.89. The van der Waals surface area contributed by atoms with Crippen molar-refractivity contribution in [3.63, 3.8) is 0 Å². The van der Waals surface area contributed by atoms with Crippen molar-refractivity contribution in [1.82, 2.24) is 20.5 Å². The van der Waals surface area contributed by atoms with E-state index >= 15 is 0 Å². The fraction of sp³-hybridized carbons (Fsp3) is 0.263. The van der Waals surface area contributed by atoms with Crippen LogP contribution in [0.15, 0.2) is 47.5 Å². The van der Waals surface area contributed by atoms with Gasteiger partial charge in [0.15, 0.2) is 0 Å². The quantitative estimate of drug-likeness (QED) is 0.714. The molecule has 3 aromatic rings. The van der Waals surface area contributed by atoms with Crippen LogP contribution in [-0.4, -0.2) is 41.9 Å². The molecular formula is C19H21N5O3. The number of aromatic nitrogens is 3. The second-order valence-electron chi connectivity index (χ2n) is 6.10. The van der Waals surface area contributed by atoms with Gasteiger partial charge in [-0.3, -0.25) is 4.98 Å². The number of benzene rings is 1. The van der Waals surface area contributed by atoms with Gasteiger partial charge < -0.3 is 19.4 Å². The first-order chi connectivity index (χ1) is 13.1. The molecule has 0 radical (unpaired) electrons. The monoisotopic (exact) mass is 367 g/mol. The van der Waals surface area contributed by atoms with Gasteiger partial charge in [-0.05, 0) is 30.7 Å². The molecule has 0 bridgehead atoms. The van der Waals surface area contributed by atoms with Gasteiger partial charge in [0.25, 0.3) is 0 Å². The standard InChI is InChI=1S/C19H21N5O3/c1-4-7-21-19(25)27-15-5-6-17(24(2)3)16(9-15)13-8-14(11-20-10-13)18-23-22-12-26-18/h5-6,8-12H,4,7H2,1-3H3,(H,21,25). The molecule has 0 aliphatic rings. The van der Waals surface area contributed by atoms with E-state index in [0.29, 0.717) is 23.7 Å². The zero-order valence-electron chi connectivity index (χ0n) is 15.5. The van der Waals surface area contributed by atoms with E-state index in [1.807, 2.05) is 44.1 Å². The maximum absolute atomic E-state index is 11.9. The number of pyridine rings is 1. The third kappa shape index (κ3) is 4.41. The van der Waals surface area contributed by atoms with Crippen LogP contribution < -0.4 is 15.0 Å². The van der Waals surface area contributed by atoms with Crippen molar-refractivity contribution in [2.45, 2.75) is 13.3 Å². The fourth-order valence-electron chi connectivity index (χ4n) is 2.57. The van der Waals surface area contributed by atoms with E-state index < -0.39 is 6.09 Å². The van der Waals surface area contributed by atoms with Crippen LogP contribution in [0.2, 0.25) is 0 Å². The van der Waals surface area contributed by atoms with E-state index in [2.05, 4.69) is 20.5 Å². The van der Waals surface area contributed by atoms with Gasteiger partial charge in [0.2, 0.25) is 12.3 Å². The summed E-state index contributed by atoms with van der Waals surface area (Å²) in [4.78, 5) is 18.1. The van der Waals surface area contributed by atoms with Gasteiger partial charge in [-0.2, -0.15) is 0 Å². The van der Waals surface area contributed by atoms with Gasteiger partial charge in [-0.25, -0.2) is 4.79 Å². The lowest BCUT2D eigenvalue weighted by atomic mass is 10.0. The molecule has 0 aliphatic heterocycles. The van der Waals surface area contributed by atoms with E-state index in [4.69, 9.17) is 9.15 Å². The molecular weight excluding hydrogens is 346 g/mol. The number of amides is 1. The molecule has 0 aliphatic carbocycles. The summed E-state index contributed by atoms with van der Waals surface area (Å²) in [6, 6.07) is 7.38. The Labute approximate surface area is 157 Å². The summed E-state index contributed by atoms with van der Waals surface area (Å²) < 4.78 is 10.6. The van der Waals surface area contributed by atoms with Gasteiger partial charge >= 0.3 is 6.09 Å². The van der Waals surface area contributed by atoms with E-state index in [1.54, 1.807) is 18.5 Å². The highest BCUT2D eigenvalue weighted by atomic mass is 16.6. The Morgan fingerprint density at radius 1 is 1.22 bits per heavy atom. The lowest BCUT2D eigenvalue weighted by molar-refractivity contribution is 0.200. The number of hydrogen-bond acceptors (Lipinski definition) is 7. The molecule has 2 aromatic heterocycles. The van der Waals surface area contributed by atoms with Crippen molar-refractivity contribution in [2.75, 3.05) is 25.5 Å². The first kappa shape index (κ1) is 18.4. The molecule has 3 rings (SSSR count). The van der Waals surface area contributed by atoms with Gasteiger partial charge in [-0.15, -0.1) is 10.2 Å². The molecule has 8 heteroatoms. The fourth-order valence-corrected chi connectivity index (χ4v) is 2.57. The summed E-state index contributed by atoms with van der Waals surface area (Å²) in [5, 5.41) is 10.3. The summed E-state index contributed by atoms with van der Waals surface area (Å²) >= 11 is 0. The van der Waals surface area contributed by atoms with Crippen LogP contribution in [0.5, 0.6) is 5.75 Å². The Hall–Kier alpha value is -3.42. The highest BCUT2D eigenvalue weighted by Gasteiger charge is 2.13. The SMILES string of the molecule is CCCNC(=O)Oc1ccc(N(C)C)c(-c2cncc(-c3nnco3)c2)c1. The van der Waals surface area contributed by atoms with Crippen molar-refractivity contribution in [2.24, 2.45) is 0 Å². The van der Waals surface area contributed by atoms with Crippen LogP contribution in [0.25, 0.3) is 22.6 Å². The van der Waals surface area contributed by atoms with Crippen LogP contribution in [0, 0.1) is 0 Å². The minimum Gasteiger partial charge on any atom is -0.423 e. The second kappa shape index (κ2) is 8.31. The average Bonchev–Trinajstić information content (AvgIpc) is 3.21. The molecule has 0 saturated heterocycles. The minimum absolute atomic E-state index is 0.391. The van der Waals surface area contributed by atoms with Crippen molar-refractivity contribution in [1.29, 1.82) is 0 Å². The first-order valence-electron chi connectivity index (χ1n) is 8.57. The maximum Gasteiger partial charge on any atom is 0.412 e. The summed E-state index contributed by atoms with van der Waals surface area (Å²) in [5.74, 6) is 0.842. The molecule has 27 heavy (non-hydrogen) atoms. The highest BCUT2D eigenvalue weighted by molar-refractivity contribution is 5.82. The lowest BCUT2D eigenvalue weighted by Gasteiger charge is -2.19. The predicted molar refractivity (Wildman–Crippen MR) is 102 cm³/mol. The molecule has 0 atom stereocenters. The molecule has 1 aromatic carbocycles. The number of carbonyl (C=O) groups excluding carboxylic acids is 1. The zero-order chi connectivity index (χ0) is 19.2. The van der Waals surface area contributed by atoms with Gasteiger partial charge in [0.1, 0.15) is 5.75 Å². The Morgan fingerprint density at radius 3 is 2.74 bits per heavy atom. The maximum atomic E-state index is 11.9. The van der Waals surface area contributed by atoms with Gasteiger partial charge in [0.05, 0.1) is 5.56 Å². The van der Waals surface area contributed by atoms with E-state index in [0.717, 1.165) is 23.2 Å². The molecule has 1 N–H and O–H groups in total. The molecule has 0 spiro atoms. The summed E-state index contributed by atoms with van der Waals surface area (Å²) in [5.41, 5.74) is 3.38. The van der Waals surface area contributed by atoms with Crippen LogP contribution >= 0.6 is 0 Å². The smallest absolute Gasteiger partial charge is 0.412 e. The number of nitrogens with one attached hydrogen (secondary N) is 1. The van der Waals surface area contributed by atoms with Gasteiger partial charge in [-0.1, -0.05) is 6.92 Å². The topological polar surface area (TPSA) is 93.4 Å². The molecule has 8 nitrogen and oxygen atoms in total. The van der Waals surface area contributed by atoms with Gasteiger partial charge in [0, 0.05) is 49.8 Å². The van der Waals surface area contributed by atoms with Crippen LogP contribution in [-0.2, 0) is 0 Å². The third-order valence-electron chi connectivity index (χ3n) is 3.84. The predicted octanol–water partition coefficient (Wildman–Crippen LogP) is 3.36. The molecule has 0 saturated carbocycles. The first-order valence-corrected chi connectivity index (χ1v) is 8.57. The van der Waals surface area contributed by atoms with Crippen LogP contribution in [0.3, 0.4) is 0 Å². The van der Waals surface area contributed by atoms with Crippen molar-refractivity contribution in [3.05, 3.63) is 43.1 Å². The highest BCUT2D eigenvalue weighted by Crippen LogP contribution is 2.34. The Morgan fingerprint density at radius 2 is 2.04 bits per heavy atom.